The van der Waals surface area contributed by atoms with E-state index in [1.807, 2.05) is 4.90 Å². The lowest BCUT2D eigenvalue weighted by Gasteiger charge is -2.27. The molecule has 2 aliphatic rings. The number of benzene rings is 1. The van der Waals surface area contributed by atoms with Gasteiger partial charge in [-0.05, 0) is 39.0 Å². The third-order valence-electron chi connectivity index (χ3n) is 5.30. The molecule has 2 amide bonds. The topological polar surface area (TPSA) is 112 Å². The molecule has 2 fully saturated rings. The Balaban J connectivity index is 1.36. The van der Waals surface area contributed by atoms with Crippen LogP contribution in [0.1, 0.15) is 20.8 Å². The van der Waals surface area contributed by atoms with Crippen LogP contribution in [0.15, 0.2) is 35.1 Å². The van der Waals surface area contributed by atoms with Crippen molar-refractivity contribution in [1.82, 2.24) is 15.6 Å². The first-order valence-corrected chi connectivity index (χ1v) is 11.1. The molecule has 0 aliphatic carbocycles. The smallest absolute Gasteiger partial charge is 0.424 e. The van der Waals surface area contributed by atoms with Crippen LogP contribution in [0.25, 0.3) is 0 Å². The lowest BCUT2D eigenvalue weighted by atomic mass is 10.2. The Morgan fingerprint density at radius 1 is 1.29 bits per heavy atom. The number of cyclic esters (lactones) is 1. The van der Waals surface area contributed by atoms with Gasteiger partial charge in [-0.25, -0.2) is 24.4 Å². The fraction of sp³-hybridized carbons (Fsp3) is 0.500. The van der Waals surface area contributed by atoms with Crippen LogP contribution < -0.4 is 20.5 Å². The lowest BCUT2D eigenvalue weighted by Crippen LogP contribution is -2.46. The molecule has 0 spiro atoms. The van der Waals surface area contributed by atoms with E-state index >= 15 is 4.39 Å². The number of hydrogen-bond acceptors (Lipinski definition) is 9. The second-order valence-corrected chi connectivity index (χ2v) is 9.04. The number of ether oxygens (including phenoxy) is 2. The summed E-state index contributed by atoms with van der Waals surface area (Å²) in [5.74, 6) is 0.0854. The first kappa shape index (κ1) is 23.6. The number of nitrogens with one attached hydrogen (secondary N) is 2. The fourth-order valence-corrected chi connectivity index (χ4v) is 3.73. The van der Waals surface area contributed by atoms with Crippen LogP contribution in [-0.4, -0.2) is 73.3 Å². The number of nitrogens with zero attached hydrogens (tertiary/aromatic N) is 4. The lowest BCUT2D eigenvalue weighted by molar-refractivity contribution is 0.0161. The van der Waals surface area contributed by atoms with Gasteiger partial charge in [0, 0.05) is 25.7 Å². The molecule has 11 nitrogen and oxygen atoms in total. The fourth-order valence-electron chi connectivity index (χ4n) is 3.73. The molecule has 0 radical (unpaired) electrons. The largest absolute Gasteiger partial charge is 0.443 e. The summed E-state index contributed by atoms with van der Waals surface area (Å²) < 4.78 is 30.6. The predicted octanol–water partition coefficient (Wildman–Crippen LogP) is 2.81. The molecule has 1 aromatic carbocycles. The minimum absolute atomic E-state index is 0.279. The van der Waals surface area contributed by atoms with Crippen LogP contribution in [0.5, 0.6) is 0 Å². The first-order valence-electron chi connectivity index (χ1n) is 11.1. The van der Waals surface area contributed by atoms with Gasteiger partial charge in [-0.15, -0.1) is 0 Å². The summed E-state index contributed by atoms with van der Waals surface area (Å²) in [4.78, 5) is 27.9. The highest BCUT2D eigenvalue weighted by molar-refractivity contribution is 5.90. The zero-order valence-electron chi connectivity index (χ0n) is 19.4. The number of aromatic nitrogens is 1. The summed E-state index contributed by atoms with van der Waals surface area (Å²) in [7, 11) is 0. The second-order valence-electron chi connectivity index (χ2n) is 9.04. The Hall–Kier alpha value is -3.54. The van der Waals surface area contributed by atoms with Gasteiger partial charge in [0.25, 0.3) is 0 Å². The molecule has 0 saturated carbocycles. The van der Waals surface area contributed by atoms with E-state index in [0.717, 1.165) is 0 Å². The average Bonchev–Trinajstić information content (AvgIpc) is 3.34. The SMILES string of the molecule is CC(C)(C)OC(=O)N1CCN(c2ccc(N3C[C@H](CNc4ccon4)OC3=O)cc2F)CCN1. The number of rotatable bonds is 5. The highest BCUT2D eigenvalue weighted by atomic mass is 19.1. The normalized spacial score (nSPS) is 19.1. The number of carbonyl (C=O) groups excluding carboxylic acids is 2. The zero-order valence-corrected chi connectivity index (χ0v) is 19.4. The molecule has 34 heavy (non-hydrogen) atoms. The maximum atomic E-state index is 15.1. The van der Waals surface area contributed by atoms with Crippen molar-refractivity contribution in [3.05, 3.63) is 36.3 Å². The van der Waals surface area contributed by atoms with Crippen molar-refractivity contribution in [2.45, 2.75) is 32.5 Å². The van der Waals surface area contributed by atoms with Gasteiger partial charge in [-0.2, -0.15) is 0 Å². The number of amides is 2. The van der Waals surface area contributed by atoms with Crippen LogP contribution in [0, 0.1) is 5.82 Å². The summed E-state index contributed by atoms with van der Waals surface area (Å²) in [6.07, 6.45) is 0.0218. The summed E-state index contributed by atoms with van der Waals surface area (Å²) in [6.45, 7) is 7.73. The number of anilines is 3. The average molecular weight is 477 g/mol. The van der Waals surface area contributed by atoms with E-state index in [1.54, 1.807) is 39.0 Å². The molecule has 3 heterocycles. The first-order chi connectivity index (χ1) is 16.2. The quantitative estimate of drug-likeness (QED) is 0.673. The van der Waals surface area contributed by atoms with Crippen molar-refractivity contribution in [2.24, 2.45) is 0 Å². The Bertz CT molecular complexity index is 1010. The van der Waals surface area contributed by atoms with E-state index in [2.05, 4.69) is 15.9 Å². The maximum absolute atomic E-state index is 15.1. The van der Waals surface area contributed by atoms with Crippen LogP contribution in [-0.2, 0) is 9.47 Å². The summed E-state index contributed by atoms with van der Waals surface area (Å²) in [5.41, 5.74) is 3.23. The molecule has 184 valence electrons. The van der Waals surface area contributed by atoms with Gasteiger partial charge >= 0.3 is 12.2 Å². The molecule has 2 aromatic rings. The van der Waals surface area contributed by atoms with Crippen molar-refractivity contribution in [1.29, 1.82) is 0 Å². The van der Waals surface area contributed by atoms with Gasteiger partial charge in [-0.1, -0.05) is 5.16 Å². The molecular weight excluding hydrogens is 447 g/mol. The van der Waals surface area contributed by atoms with E-state index in [-0.39, 0.29) is 6.54 Å². The van der Waals surface area contributed by atoms with Crippen molar-refractivity contribution >= 4 is 29.4 Å². The summed E-state index contributed by atoms with van der Waals surface area (Å²) in [6, 6.07) is 6.32. The number of hydrogen-bond donors (Lipinski definition) is 2. The highest BCUT2D eigenvalue weighted by Crippen LogP contribution is 2.28. The zero-order chi connectivity index (χ0) is 24.3. The highest BCUT2D eigenvalue weighted by Gasteiger charge is 2.33. The van der Waals surface area contributed by atoms with Gasteiger partial charge in [0.05, 0.1) is 31.0 Å². The Morgan fingerprint density at radius 3 is 2.82 bits per heavy atom. The minimum atomic E-state index is -0.603. The van der Waals surface area contributed by atoms with Crippen molar-refractivity contribution in [3.63, 3.8) is 0 Å². The van der Waals surface area contributed by atoms with Crippen LogP contribution >= 0.6 is 0 Å². The van der Waals surface area contributed by atoms with Gasteiger partial charge in [-0.3, -0.25) is 4.90 Å². The van der Waals surface area contributed by atoms with E-state index in [4.69, 9.17) is 14.0 Å². The molecule has 1 atom stereocenters. The summed E-state index contributed by atoms with van der Waals surface area (Å²) in [5, 5.41) is 8.18. The standard InChI is InChI=1S/C22H29FN6O5/c1-22(2,3)34-21(31)29-10-9-27(8-7-25-29)18-5-4-15(12-17(18)23)28-14-16(33-20(28)30)13-24-19-6-11-32-26-19/h4-6,11-12,16,25H,7-10,13-14H2,1-3H3,(H,24,26)/t16-/m0/s1. The van der Waals surface area contributed by atoms with E-state index in [9.17, 15) is 9.59 Å². The summed E-state index contributed by atoms with van der Waals surface area (Å²) >= 11 is 0. The van der Waals surface area contributed by atoms with Crippen LogP contribution in [0.2, 0.25) is 0 Å². The molecule has 4 rings (SSSR count). The maximum Gasteiger partial charge on any atom is 0.424 e. The van der Waals surface area contributed by atoms with Gasteiger partial charge < -0.3 is 24.2 Å². The number of hydrazine groups is 1. The molecule has 2 saturated heterocycles. The minimum Gasteiger partial charge on any atom is -0.443 e. The van der Waals surface area contributed by atoms with Crippen molar-refractivity contribution in [3.8, 4) is 0 Å². The molecule has 0 unspecified atom stereocenters. The van der Waals surface area contributed by atoms with Gasteiger partial charge in [0.1, 0.15) is 23.8 Å². The van der Waals surface area contributed by atoms with Crippen LogP contribution in [0.3, 0.4) is 0 Å². The van der Waals surface area contributed by atoms with Crippen LogP contribution in [0.4, 0.5) is 31.2 Å². The Kier molecular flexibility index (Phi) is 6.77. The third kappa shape index (κ3) is 5.68. The van der Waals surface area contributed by atoms with Crippen molar-refractivity contribution in [2.75, 3.05) is 54.4 Å². The second kappa shape index (κ2) is 9.75. The van der Waals surface area contributed by atoms with E-state index in [0.29, 0.717) is 49.9 Å². The molecule has 12 heteroatoms. The number of carbonyl (C=O) groups is 2. The number of halogens is 1. The third-order valence-corrected chi connectivity index (χ3v) is 5.30. The monoisotopic (exact) mass is 476 g/mol. The van der Waals surface area contributed by atoms with Gasteiger partial charge in [0.2, 0.25) is 0 Å². The molecule has 0 bridgehead atoms. The molecule has 2 N–H and O–H groups in total. The van der Waals surface area contributed by atoms with Crippen molar-refractivity contribution < 1.29 is 28.0 Å². The predicted molar refractivity (Wildman–Crippen MR) is 122 cm³/mol. The van der Waals surface area contributed by atoms with E-state index in [1.165, 1.54) is 22.2 Å². The van der Waals surface area contributed by atoms with E-state index < -0.39 is 29.7 Å². The molecule has 2 aliphatic heterocycles. The van der Waals surface area contributed by atoms with Gasteiger partial charge in [0.15, 0.2) is 5.82 Å². The Morgan fingerprint density at radius 2 is 2.12 bits per heavy atom. The molecular formula is C22H29FN6O5. The Labute approximate surface area is 196 Å². The molecule has 1 aromatic heterocycles.